The van der Waals surface area contributed by atoms with Gasteiger partial charge in [0.25, 0.3) is 0 Å². The molecule has 4 atom stereocenters. The van der Waals surface area contributed by atoms with Gasteiger partial charge in [-0.05, 0) is 12.3 Å². The molecule has 1 saturated carbocycles. The zero-order valence-electron chi connectivity index (χ0n) is 5.83. The van der Waals surface area contributed by atoms with Crippen LogP contribution in [0.1, 0.15) is 13.3 Å². The topological polar surface area (TPSA) is 21.8 Å². The Balaban J connectivity index is 2.00. The van der Waals surface area contributed by atoms with Crippen LogP contribution in [-0.2, 0) is 9.47 Å². The van der Waals surface area contributed by atoms with E-state index < -0.39 is 0 Å². The fourth-order valence-corrected chi connectivity index (χ4v) is 1.76. The molecule has 9 heavy (non-hydrogen) atoms. The van der Waals surface area contributed by atoms with Gasteiger partial charge in [0.1, 0.15) is 6.10 Å². The van der Waals surface area contributed by atoms with Crippen LogP contribution in [0.25, 0.3) is 0 Å². The first-order valence-electron chi connectivity index (χ1n) is 3.51. The summed E-state index contributed by atoms with van der Waals surface area (Å²) in [6.07, 6.45) is 2.57. The van der Waals surface area contributed by atoms with Gasteiger partial charge in [0, 0.05) is 7.11 Å². The molecule has 1 saturated heterocycles. The van der Waals surface area contributed by atoms with E-state index in [1.165, 1.54) is 6.42 Å². The molecule has 0 radical (unpaired) electrons. The normalized spacial score (nSPS) is 55.3. The first-order chi connectivity index (χ1) is 4.33. The molecule has 0 bridgehead atoms. The molecular weight excluding hydrogens is 116 g/mol. The van der Waals surface area contributed by atoms with Gasteiger partial charge in [-0.2, -0.15) is 0 Å². The van der Waals surface area contributed by atoms with Crippen LogP contribution in [-0.4, -0.2) is 25.4 Å². The summed E-state index contributed by atoms with van der Waals surface area (Å²) >= 11 is 0. The molecule has 52 valence electrons. The van der Waals surface area contributed by atoms with Crippen LogP contribution >= 0.6 is 0 Å². The molecule has 0 N–H and O–H groups in total. The van der Waals surface area contributed by atoms with Gasteiger partial charge in [-0.3, -0.25) is 0 Å². The minimum Gasteiger partial charge on any atom is -0.379 e. The van der Waals surface area contributed by atoms with E-state index in [-0.39, 0.29) is 0 Å². The first kappa shape index (κ1) is 5.69. The summed E-state index contributed by atoms with van der Waals surface area (Å²) in [5.74, 6) is 0.722. The minimum atomic E-state index is 0.394. The Kier molecular flexibility index (Phi) is 1.08. The maximum Gasteiger partial charge on any atom is 0.110 e. The van der Waals surface area contributed by atoms with Crippen molar-refractivity contribution in [3.63, 3.8) is 0 Å². The number of hydrogen-bond donors (Lipinski definition) is 0. The van der Waals surface area contributed by atoms with Crippen LogP contribution in [0.15, 0.2) is 0 Å². The van der Waals surface area contributed by atoms with Crippen molar-refractivity contribution in [2.45, 2.75) is 31.7 Å². The highest BCUT2D eigenvalue weighted by molar-refractivity contribution is 5.02. The molecule has 0 aromatic rings. The number of fused-ring (bicyclic) bond motifs is 1. The highest BCUT2D eigenvalue weighted by Crippen LogP contribution is 2.43. The lowest BCUT2D eigenvalue weighted by atomic mass is 10.1. The summed E-state index contributed by atoms with van der Waals surface area (Å²) in [6.45, 7) is 2.23. The van der Waals surface area contributed by atoms with Crippen LogP contribution in [0.2, 0.25) is 0 Å². The van der Waals surface area contributed by atoms with Crippen LogP contribution in [0, 0.1) is 5.92 Å². The SMILES string of the molecule is COC1CC(C)C2OC12. The van der Waals surface area contributed by atoms with Crippen LogP contribution < -0.4 is 0 Å². The molecule has 0 aromatic carbocycles. The second-order valence-electron chi connectivity index (χ2n) is 3.05. The van der Waals surface area contributed by atoms with Crippen molar-refractivity contribution in [2.75, 3.05) is 7.11 Å². The lowest BCUT2D eigenvalue weighted by Crippen LogP contribution is -2.13. The Bertz CT molecular complexity index is 124. The standard InChI is InChI=1S/C7H12O2/c1-4-3-5(8-2)7-6(4)9-7/h4-7H,3H2,1-2H3. The van der Waals surface area contributed by atoms with Crippen molar-refractivity contribution in [3.8, 4) is 0 Å². The van der Waals surface area contributed by atoms with E-state index >= 15 is 0 Å². The predicted octanol–water partition coefficient (Wildman–Crippen LogP) is 0.809. The summed E-state index contributed by atoms with van der Waals surface area (Å²) < 4.78 is 10.6. The van der Waals surface area contributed by atoms with E-state index in [1.54, 1.807) is 7.11 Å². The van der Waals surface area contributed by atoms with Crippen molar-refractivity contribution in [3.05, 3.63) is 0 Å². The molecule has 2 rings (SSSR count). The summed E-state index contributed by atoms with van der Waals surface area (Å²) in [6, 6.07) is 0. The molecule has 0 aromatic heterocycles. The lowest BCUT2D eigenvalue weighted by Gasteiger charge is -2.09. The van der Waals surface area contributed by atoms with E-state index in [1.807, 2.05) is 0 Å². The van der Waals surface area contributed by atoms with E-state index in [2.05, 4.69) is 6.92 Å². The summed E-state index contributed by atoms with van der Waals surface area (Å²) in [7, 11) is 1.77. The average Bonchev–Trinajstić information content (AvgIpc) is 2.56. The molecule has 2 aliphatic rings. The van der Waals surface area contributed by atoms with Crippen molar-refractivity contribution < 1.29 is 9.47 Å². The van der Waals surface area contributed by atoms with Gasteiger partial charge in [0.2, 0.25) is 0 Å². The third-order valence-corrected chi connectivity index (χ3v) is 2.40. The fraction of sp³-hybridized carbons (Fsp3) is 1.00. The van der Waals surface area contributed by atoms with Crippen molar-refractivity contribution in [1.82, 2.24) is 0 Å². The zero-order chi connectivity index (χ0) is 6.43. The third kappa shape index (κ3) is 0.700. The fourth-order valence-electron chi connectivity index (χ4n) is 1.76. The van der Waals surface area contributed by atoms with Gasteiger partial charge >= 0.3 is 0 Å². The number of hydrogen-bond acceptors (Lipinski definition) is 2. The highest BCUT2D eigenvalue weighted by Gasteiger charge is 2.54. The first-order valence-corrected chi connectivity index (χ1v) is 3.51. The second-order valence-corrected chi connectivity index (χ2v) is 3.05. The Hall–Kier alpha value is -0.0800. The second kappa shape index (κ2) is 1.70. The van der Waals surface area contributed by atoms with Crippen molar-refractivity contribution in [1.29, 1.82) is 0 Å². The maximum atomic E-state index is 5.34. The number of epoxide rings is 1. The van der Waals surface area contributed by atoms with Crippen molar-refractivity contribution in [2.24, 2.45) is 5.92 Å². The van der Waals surface area contributed by atoms with Gasteiger partial charge in [-0.25, -0.2) is 0 Å². The largest absolute Gasteiger partial charge is 0.379 e. The van der Waals surface area contributed by atoms with Gasteiger partial charge in [0.15, 0.2) is 0 Å². The molecule has 2 heteroatoms. The van der Waals surface area contributed by atoms with Crippen molar-refractivity contribution >= 4 is 0 Å². The molecule has 1 heterocycles. The van der Waals surface area contributed by atoms with E-state index in [9.17, 15) is 0 Å². The van der Waals surface area contributed by atoms with Crippen LogP contribution in [0.3, 0.4) is 0 Å². The van der Waals surface area contributed by atoms with Gasteiger partial charge in [0.05, 0.1) is 12.2 Å². The van der Waals surface area contributed by atoms with Crippen LogP contribution in [0.5, 0.6) is 0 Å². The molecule has 1 aliphatic heterocycles. The Morgan fingerprint density at radius 2 is 2.22 bits per heavy atom. The molecule has 1 aliphatic carbocycles. The Morgan fingerprint density at radius 3 is 2.44 bits per heavy atom. The van der Waals surface area contributed by atoms with Crippen LogP contribution in [0.4, 0.5) is 0 Å². The molecule has 2 nitrogen and oxygen atoms in total. The van der Waals surface area contributed by atoms with E-state index in [0.717, 1.165) is 5.92 Å². The molecule has 4 unspecified atom stereocenters. The Morgan fingerprint density at radius 1 is 1.44 bits per heavy atom. The predicted molar refractivity (Wildman–Crippen MR) is 33.2 cm³/mol. The molecule has 0 spiro atoms. The maximum absolute atomic E-state index is 5.34. The number of ether oxygens (including phenoxy) is 2. The molecule has 0 amide bonds. The van der Waals surface area contributed by atoms with Gasteiger partial charge < -0.3 is 9.47 Å². The smallest absolute Gasteiger partial charge is 0.110 e. The Labute approximate surface area is 55.1 Å². The lowest BCUT2D eigenvalue weighted by molar-refractivity contribution is 0.0560. The zero-order valence-corrected chi connectivity index (χ0v) is 5.83. The van der Waals surface area contributed by atoms with Gasteiger partial charge in [-0.1, -0.05) is 6.92 Å². The summed E-state index contributed by atoms with van der Waals surface area (Å²) in [5, 5.41) is 0. The quantitative estimate of drug-likeness (QED) is 0.487. The number of rotatable bonds is 1. The number of methoxy groups -OCH3 is 1. The minimum absolute atomic E-state index is 0.394. The van der Waals surface area contributed by atoms with Gasteiger partial charge in [-0.15, -0.1) is 0 Å². The highest BCUT2D eigenvalue weighted by atomic mass is 16.6. The summed E-state index contributed by atoms with van der Waals surface area (Å²) in [4.78, 5) is 0. The summed E-state index contributed by atoms with van der Waals surface area (Å²) in [5.41, 5.74) is 0. The van der Waals surface area contributed by atoms with E-state index in [0.29, 0.717) is 18.3 Å². The molecular formula is C7H12O2. The molecule has 2 fully saturated rings. The van der Waals surface area contributed by atoms with E-state index in [4.69, 9.17) is 9.47 Å². The third-order valence-electron chi connectivity index (χ3n) is 2.40. The average molecular weight is 128 g/mol. The monoisotopic (exact) mass is 128 g/mol.